The van der Waals surface area contributed by atoms with Gasteiger partial charge in [0.25, 0.3) is 29.5 Å². The van der Waals surface area contributed by atoms with E-state index in [1.807, 2.05) is 0 Å². The summed E-state index contributed by atoms with van der Waals surface area (Å²) in [5.74, 6) is -2.42. The number of aryl methyl sites for hydroxylation is 4. The number of amidine groups is 1. The van der Waals surface area contributed by atoms with Crippen LogP contribution in [0, 0.1) is 5.41 Å². The molecular weight excluding hydrogens is 714 g/mol. The minimum atomic E-state index is -0.631. The monoisotopic (exact) mass is 745 g/mol. The fraction of sp³-hybridized carbons (Fsp3) is 0.214. The minimum absolute atomic E-state index is 0. The number of halogens is 2. The zero-order valence-electron chi connectivity index (χ0n) is 26.2. The Morgan fingerprint density at radius 3 is 1.92 bits per heavy atom. The first-order chi connectivity index (χ1) is 22.1. The largest absolute Gasteiger partial charge is 0.388 e. The Labute approximate surface area is 288 Å². The van der Waals surface area contributed by atoms with Crippen LogP contribution in [0.2, 0.25) is 0 Å². The lowest BCUT2D eigenvalue weighted by Gasteiger charge is -2.04. The molecule has 8 N–H and O–H groups in total. The molecule has 0 fully saturated rings. The van der Waals surface area contributed by atoms with Gasteiger partial charge in [0.2, 0.25) is 5.82 Å². The summed E-state index contributed by atoms with van der Waals surface area (Å²) in [6, 6.07) is 4.36. The van der Waals surface area contributed by atoms with Crippen molar-refractivity contribution in [3.63, 3.8) is 0 Å². The maximum atomic E-state index is 13.1. The second-order valence-corrected chi connectivity index (χ2v) is 11.3. The molecule has 0 aliphatic carbocycles. The summed E-state index contributed by atoms with van der Waals surface area (Å²) in [5, 5.41) is 24.6. The highest BCUT2D eigenvalue weighted by atomic mass is 79.9. The third-order valence-electron chi connectivity index (χ3n) is 6.59. The molecule has 0 unspecified atom stereocenters. The summed E-state index contributed by atoms with van der Waals surface area (Å²) in [6.07, 6.45) is 4.79. The van der Waals surface area contributed by atoms with Gasteiger partial charge in [0.05, 0.1) is 21.7 Å². The number of nitrogens with two attached hydrogens (primary N) is 1. The maximum Gasteiger partial charge on any atom is 0.292 e. The van der Waals surface area contributed by atoms with Gasteiger partial charge in [-0.2, -0.15) is 5.10 Å². The molecule has 20 heteroatoms. The van der Waals surface area contributed by atoms with Crippen molar-refractivity contribution in [3.8, 4) is 0 Å². The van der Waals surface area contributed by atoms with Gasteiger partial charge in [-0.15, -0.1) is 12.4 Å². The number of anilines is 4. The van der Waals surface area contributed by atoms with Gasteiger partial charge in [-0.25, -0.2) is 4.98 Å². The number of hydrogen-bond acceptors (Lipinski definition) is 8. The molecule has 0 aromatic carbocycles. The van der Waals surface area contributed by atoms with Crippen LogP contribution >= 0.6 is 28.3 Å². The molecule has 0 atom stereocenters. The predicted molar refractivity (Wildman–Crippen MR) is 184 cm³/mol. The second-order valence-electron chi connectivity index (χ2n) is 10.3. The van der Waals surface area contributed by atoms with E-state index in [2.05, 4.69) is 59.2 Å². The first-order valence-electron chi connectivity index (χ1n) is 13.7. The van der Waals surface area contributed by atoms with E-state index >= 15 is 0 Å². The zero-order valence-corrected chi connectivity index (χ0v) is 28.6. The fourth-order valence-electron chi connectivity index (χ4n) is 4.34. The van der Waals surface area contributed by atoms with Gasteiger partial charge in [0.1, 0.15) is 17.1 Å². The average Bonchev–Trinajstić information content (AvgIpc) is 3.73. The van der Waals surface area contributed by atoms with E-state index in [9.17, 15) is 24.0 Å². The normalized spacial score (nSPS) is 10.4. The minimum Gasteiger partial charge on any atom is -0.388 e. The number of nitrogens with one attached hydrogen (secondary N) is 6. The van der Waals surface area contributed by atoms with E-state index in [4.69, 9.17) is 11.1 Å². The summed E-state index contributed by atoms with van der Waals surface area (Å²) in [7, 11) is 6.38. The lowest BCUT2D eigenvalue weighted by atomic mass is 10.3. The Bertz CT molecular complexity index is 1940. The molecule has 48 heavy (non-hydrogen) atoms. The molecule has 254 valence electrons. The first-order valence-corrected chi connectivity index (χ1v) is 14.5. The quantitative estimate of drug-likeness (QED) is 0.0640. The van der Waals surface area contributed by atoms with Crippen LogP contribution in [-0.4, -0.2) is 70.4 Å². The Morgan fingerprint density at radius 2 is 1.35 bits per heavy atom. The molecule has 0 saturated heterocycles. The summed E-state index contributed by atoms with van der Waals surface area (Å²) in [6.45, 7) is 3.68. The standard InChI is InChI=1S/C28H32BrN13O5.ClH/c1-14(29)24(43)37-22-13-41(4)23(35-22)28(47)36-21-10-19(42(5)38-21)27(46)34-16-9-18(40(3)12-16)26(45)33-15-8-17(39(2)11-15)25(44)32-7-6-20(30)31;/h8-13H,1,6-7H2,2-5H3,(H3,30,31)(H,32,44)(H,33,45)(H,34,46)(H,37,43)(H,36,38,47);1H. The van der Waals surface area contributed by atoms with Crippen LogP contribution in [0.1, 0.15) is 48.5 Å². The number of aromatic nitrogens is 6. The van der Waals surface area contributed by atoms with Crippen LogP contribution in [0.5, 0.6) is 0 Å². The van der Waals surface area contributed by atoms with Crippen molar-refractivity contribution in [2.75, 3.05) is 27.8 Å². The predicted octanol–water partition coefficient (Wildman–Crippen LogP) is 1.91. The Balaban J connectivity index is 0.00000625. The van der Waals surface area contributed by atoms with Gasteiger partial charge in [-0.1, -0.05) is 6.58 Å². The second kappa shape index (κ2) is 15.3. The number of amides is 5. The molecule has 0 aliphatic rings. The van der Waals surface area contributed by atoms with Crippen molar-refractivity contribution in [1.29, 1.82) is 5.41 Å². The van der Waals surface area contributed by atoms with Crippen molar-refractivity contribution in [1.82, 2.24) is 33.8 Å². The fourth-order valence-corrected chi connectivity index (χ4v) is 4.44. The zero-order chi connectivity index (χ0) is 34.6. The number of imidazole rings is 1. The van der Waals surface area contributed by atoms with Crippen LogP contribution < -0.4 is 32.3 Å². The van der Waals surface area contributed by atoms with Crippen molar-refractivity contribution >= 4 is 86.7 Å². The van der Waals surface area contributed by atoms with Crippen LogP contribution in [0.15, 0.2) is 47.9 Å². The molecule has 4 aromatic heterocycles. The van der Waals surface area contributed by atoms with Crippen LogP contribution in [0.3, 0.4) is 0 Å². The average molecular weight is 747 g/mol. The van der Waals surface area contributed by atoms with Crippen LogP contribution in [-0.2, 0) is 33.0 Å². The Morgan fingerprint density at radius 1 is 0.792 bits per heavy atom. The first kappa shape index (κ1) is 36.8. The summed E-state index contributed by atoms with van der Waals surface area (Å²) in [5.41, 5.74) is 6.64. The summed E-state index contributed by atoms with van der Waals surface area (Å²) >= 11 is 2.97. The highest BCUT2D eigenvalue weighted by molar-refractivity contribution is 9.12. The van der Waals surface area contributed by atoms with Gasteiger partial charge < -0.3 is 46.0 Å². The Kier molecular flexibility index (Phi) is 11.7. The smallest absolute Gasteiger partial charge is 0.292 e. The summed E-state index contributed by atoms with van der Waals surface area (Å²) < 4.78 is 5.85. The van der Waals surface area contributed by atoms with E-state index in [1.165, 1.54) is 45.3 Å². The molecule has 5 amide bonds. The van der Waals surface area contributed by atoms with Gasteiger partial charge in [-0.3, -0.25) is 34.1 Å². The molecule has 18 nitrogen and oxygen atoms in total. The van der Waals surface area contributed by atoms with Crippen LogP contribution in [0.25, 0.3) is 0 Å². The number of hydrogen-bond donors (Lipinski definition) is 7. The van der Waals surface area contributed by atoms with E-state index in [1.54, 1.807) is 38.1 Å². The number of carbonyl (C=O) groups is 5. The van der Waals surface area contributed by atoms with Crippen molar-refractivity contribution in [2.24, 2.45) is 33.9 Å². The highest BCUT2D eigenvalue weighted by Gasteiger charge is 2.21. The van der Waals surface area contributed by atoms with Gasteiger partial charge in [0, 0.05) is 65.8 Å². The number of rotatable bonds is 12. The third-order valence-corrected chi connectivity index (χ3v) is 6.95. The SMILES string of the molecule is C=C(Br)C(=O)Nc1cn(C)c(C(=O)Nc2cc(C(=O)Nc3cc(C(=O)Nc4cc(C(=O)NCCC(=N)N)n(C)c4)n(C)c3)n(C)n2)n1.Cl. The molecular formula is C28H33BrClN13O5. The number of carbonyl (C=O) groups excluding carboxylic acids is 5. The number of nitrogens with zero attached hydrogens (tertiary/aromatic N) is 6. The molecule has 4 rings (SSSR count). The highest BCUT2D eigenvalue weighted by Crippen LogP contribution is 2.19. The van der Waals surface area contributed by atoms with E-state index in [0.717, 1.165) is 0 Å². The van der Waals surface area contributed by atoms with Crippen LogP contribution in [0.4, 0.5) is 23.0 Å². The Hall–Kier alpha value is -5.69. The van der Waals surface area contributed by atoms with E-state index < -0.39 is 23.6 Å². The van der Waals surface area contributed by atoms with E-state index in [0.29, 0.717) is 17.1 Å². The molecule has 0 radical (unpaired) electrons. The van der Waals surface area contributed by atoms with Gasteiger partial charge >= 0.3 is 0 Å². The lowest BCUT2D eigenvalue weighted by Crippen LogP contribution is -2.28. The third kappa shape index (κ3) is 8.76. The topological polar surface area (TPSA) is 241 Å². The molecule has 4 aromatic rings. The molecule has 0 saturated carbocycles. The molecule has 0 bridgehead atoms. The molecule has 0 aliphatic heterocycles. The lowest BCUT2D eigenvalue weighted by molar-refractivity contribution is -0.112. The van der Waals surface area contributed by atoms with Crippen molar-refractivity contribution in [3.05, 3.63) is 70.8 Å². The summed E-state index contributed by atoms with van der Waals surface area (Å²) in [4.78, 5) is 67.4. The van der Waals surface area contributed by atoms with Crippen molar-refractivity contribution < 1.29 is 24.0 Å². The van der Waals surface area contributed by atoms with Gasteiger partial charge in [-0.05, 0) is 28.1 Å². The van der Waals surface area contributed by atoms with Crippen molar-refractivity contribution in [2.45, 2.75) is 6.42 Å². The molecule has 4 heterocycles. The molecule has 0 spiro atoms. The van der Waals surface area contributed by atoms with Gasteiger partial charge in [0.15, 0.2) is 11.6 Å². The van der Waals surface area contributed by atoms with E-state index in [-0.39, 0.29) is 70.4 Å². The maximum absolute atomic E-state index is 13.1.